The quantitative estimate of drug-likeness (QED) is 0.773. The van der Waals surface area contributed by atoms with Gasteiger partial charge in [-0.3, -0.25) is 0 Å². The molecule has 3 aromatic rings. The van der Waals surface area contributed by atoms with E-state index in [1.807, 2.05) is 24.4 Å². The van der Waals surface area contributed by atoms with Gasteiger partial charge >= 0.3 is 0 Å². The molecule has 1 aromatic carbocycles. The average Bonchev–Trinajstić information content (AvgIpc) is 3.11. The second-order valence-corrected chi connectivity index (χ2v) is 5.06. The van der Waals surface area contributed by atoms with E-state index in [0.29, 0.717) is 12.5 Å². The van der Waals surface area contributed by atoms with Crippen molar-refractivity contribution in [2.24, 2.45) is 4.99 Å². The summed E-state index contributed by atoms with van der Waals surface area (Å²) in [6, 6.07) is 10.6. The lowest BCUT2D eigenvalue weighted by Gasteiger charge is -2.01. The number of ether oxygens (including phenoxy) is 1. The maximum atomic E-state index is 5.71. The summed E-state index contributed by atoms with van der Waals surface area (Å²) in [5.41, 5.74) is 2.93. The van der Waals surface area contributed by atoms with Gasteiger partial charge in [0.1, 0.15) is 12.3 Å². The van der Waals surface area contributed by atoms with Crippen LogP contribution in [0.25, 0.3) is 21.8 Å². The first-order valence-electron chi connectivity index (χ1n) is 6.93. The number of hydrogen-bond acceptors (Lipinski definition) is 3. The minimum absolute atomic E-state index is 0.256. The minimum atomic E-state index is 0.256. The van der Waals surface area contributed by atoms with E-state index in [1.165, 1.54) is 5.39 Å². The lowest BCUT2D eigenvalue weighted by Crippen LogP contribution is -2.05. The molecular weight excluding hydrogens is 250 g/mol. The number of pyridine rings is 1. The number of aromatic nitrogens is 2. The number of H-pyrrole nitrogens is 1. The Morgan fingerprint density at radius 3 is 3.00 bits per heavy atom. The van der Waals surface area contributed by atoms with E-state index in [-0.39, 0.29) is 6.04 Å². The molecule has 1 aliphatic heterocycles. The molecule has 2 aromatic heterocycles. The van der Waals surface area contributed by atoms with Gasteiger partial charge in [-0.25, -0.2) is 9.98 Å². The molecule has 1 N–H and O–H groups in total. The highest BCUT2D eigenvalue weighted by Gasteiger charge is 2.22. The molecule has 100 valence electrons. The van der Waals surface area contributed by atoms with Crippen LogP contribution in [-0.2, 0) is 4.74 Å². The summed E-state index contributed by atoms with van der Waals surface area (Å²) in [5.74, 6) is 0.661. The normalized spacial score (nSPS) is 18.4. The van der Waals surface area contributed by atoms with Gasteiger partial charge in [0, 0.05) is 22.5 Å². The average molecular weight is 265 g/mol. The van der Waals surface area contributed by atoms with Crippen molar-refractivity contribution in [1.82, 2.24) is 9.97 Å². The predicted molar refractivity (Wildman–Crippen MR) is 80.2 cm³/mol. The van der Waals surface area contributed by atoms with Crippen LogP contribution in [0.3, 0.4) is 0 Å². The van der Waals surface area contributed by atoms with Gasteiger partial charge < -0.3 is 9.72 Å². The van der Waals surface area contributed by atoms with E-state index < -0.39 is 0 Å². The maximum absolute atomic E-state index is 5.71. The first-order chi connectivity index (χ1) is 9.86. The number of nitrogens with zero attached hydrogens (tertiary/aromatic N) is 2. The van der Waals surface area contributed by atoms with Crippen LogP contribution in [0.2, 0.25) is 0 Å². The summed E-state index contributed by atoms with van der Waals surface area (Å²) < 4.78 is 5.71. The number of hydrogen-bond donors (Lipinski definition) is 1. The van der Waals surface area contributed by atoms with Crippen molar-refractivity contribution >= 4 is 27.7 Å². The number of para-hydroxylation sites is 1. The van der Waals surface area contributed by atoms with Crippen LogP contribution in [0.5, 0.6) is 0 Å². The van der Waals surface area contributed by atoms with Gasteiger partial charge in [-0.15, -0.1) is 0 Å². The number of aromatic amines is 1. The van der Waals surface area contributed by atoms with Crippen molar-refractivity contribution in [2.75, 3.05) is 6.61 Å². The van der Waals surface area contributed by atoms with Crippen LogP contribution >= 0.6 is 0 Å². The molecular formula is C16H15N3O. The highest BCUT2D eigenvalue weighted by atomic mass is 16.5. The molecule has 0 unspecified atom stereocenters. The molecule has 1 atom stereocenters. The fourth-order valence-corrected chi connectivity index (χ4v) is 2.69. The Morgan fingerprint density at radius 2 is 2.15 bits per heavy atom. The van der Waals surface area contributed by atoms with Gasteiger partial charge in [-0.2, -0.15) is 0 Å². The Kier molecular flexibility index (Phi) is 2.49. The second-order valence-electron chi connectivity index (χ2n) is 5.06. The molecule has 0 bridgehead atoms. The van der Waals surface area contributed by atoms with Crippen LogP contribution in [0.15, 0.2) is 41.5 Å². The number of fused-ring (bicyclic) bond motifs is 3. The summed E-state index contributed by atoms with van der Waals surface area (Å²) in [5, 5.41) is 2.37. The van der Waals surface area contributed by atoms with Crippen molar-refractivity contribution in [2.45, 2.75) is 19.4 Å². The number of benzene rings is 1. The third kappa shape index (κ3) is 1.61. The predicted octanol–water partition coefficient (Wildman–Crippen LogP) is 3.27. The zero-order chi connectivity index (χ0) is 13.5. The van der Waals surface area contributed by atoms with E-state index in [9.17, 15) is 0 Å². The lowest BCUT2D eigenvalue weighted by molar-refractivity contribution is 0.314. The van der Waals surface area contributed by atoms with Crippen LogP contribution in [0, 0.1) is 0 Å². The Balaban J connectivity index is 1.96. The summed E-state index contributed by atoms with van der Waals surface area (Å²) >= 11 is 0. The van der Waals surface area contributed by atoms with E-state index in [1.54, 1.807) is 0 Å². The Labute approximate surface area is 116 Å². The molecule has 0 spiro atoms. The standard InChI is InChI=1S/C16H15N3O/c1-2-10-9-20-16(18-10)15-14-12(7-8-17-15)11-5-3-4-6-13(11)19-14/h3-8,10,19H,2,9H2,1H3/t10-/m1/s1. The lowest BCUT2D eigenvalue weighted by atomic mass is 10.1. The van der Waals surface area contributed by atoms with Crippen molar-refractivity contribution in [3.05, 3.63) is 42.2 Å². The summed E-state index contributed by atoms with van der Waals surface area (Å²) in [7, 11) is 0. The number of nitrogens with one attached hydrogen (secondary N) is 1. The van der Waals surface area contributed by atoms with Crippen molar-refractivity contribution in [3.63, 3.8) is 0 Å². The third-order valence-corrected chi connectivity index (χ3v) is 3.81. The molecule has 0 saturated carbocycles. The van der Waals surface area contributed by atoms with Crippen molar-refractivity contribution in [1.29, 1.82) is 0 Å². The molecule has 0 saturated heterocycles. The van der Waals surface area contributed by atoms with Gasteiger partial charge in [-0.1, -0.05) is 25.1 Å². The largest absolute Gasteiger partial charge is 0.474 e. The molecule has 3 heterocycles. The SMILES string of the molecule is CC[C@@H]1COC(c2nccc3c2[nH]c2ccccc23)=N1. The van der Waals surface area contributed by atoms with Gasteiger partial charge in [0.25, 0.3) is 0 Å². The second kappa shape index (κ2) is 4.34. The van der Waals surface area contributed by atoms with E-state index >= 15 is 0 Å². The topological polar surface area (TPSA) is 50.3 Å². The van der Waals surface area contributed by atoms with Crippen molar-refractivity contribution in [3.8, 4) is 0 Å². The van der Waals surface area contributed by atoms with Gasteiger partial charge in [0.15, 0.2) is 0 Å². The van der Waals surface area contributed by atoms with Crippen LogP contribution in [-0.4, -0.2) is 28.5 Å². The van der Waals surface area contributed by atoms with Crippen LogP contribution < -0.4 is 0 Å². The highest BCUT2D eigenvalue weighted by molar-refractivity contribution is 6.14. The summed E-state index contributed by atoms with van der Waals surface area (Å²) in [4.78, 5) is 12.5. The Hall–Kier alpha value is -2.36. The molecule has 0 aliphatic carbocycles. The monoisotopic (exact) mass is 265 g/mol. The first kappa shape index (κ1) is 11.5. The van der Waals surface area contributed by atoms with Gasteiger partial charge in [0.2, 0.25) is 5.90 Å². The molecule has 0 fully saturated rings. The zero-order valence-electron chi connectivity index (χ0n) is 11.3. The van der Waals surface area contributed by atoms with E-state index in [2.05, 4.69) is 34.0 Å². The molecule has 1 aliphatic rings. The molecule has 4 nitrogen and oxygen atoms in total. The van der Waals surface area contributed by atoms with Gasteiger partial charge in [-0.05, 0) is 18.6 Å². The van der Waals surface area contributed by atoms with Gasteiger partial charge in [0.05, 0.1) is 11.6 Å². The van der Waals surface area contributed by atoms with E-state index in [4.69, 9.17) is 4.74 Å². The first-order valence-corrected chi connectivity index (χ1v) is 6.93. The minimum Gasteiger partial charge on any atom is -0.474 e. The molecule has 0 radical (unpaired) electrons. The Bertz CT molecular complexity index is 819. The fraction of sp³-hybridized carbons (Fsp3) is 0.250. The van der Waals surface area contributed by atoms with E-state index in [0.717, 1.165) is 28.5 Å². The smallest absolute Gasteiger partial charge is 0.237 e. The summed E-state index contributed by atoms with van der Waals surface area (Å²) in [6.07, 6.45) is 2.81. The summed E-state index contributed by atoms with van der Waals surface area (Å²) in [6.45, 7) is 2.78. The molecule has 0 amide bonds. The zero-order valence-corrected chi connectivity index (χ0v) is 11.3. The molecule has 4 heteroatoms. The molecule has 20 heavy (non-hydrogen) atoms. The van der Waals surface area contributed by atoms with Crippen LogP contribution in [0.4, 0.5) is 0 Å². The van der Waals surface area contributed by atoms with Crippen molar-refractivity contribution < 1.29 is 4.74 Å². The maximum Gasteiger partial charge on any atom is 0.237 e. The number of aliphatic imine (C=N–C) groups is 1. The third-order valence-electron chi connectivity index (χ3n) is 3.81. The molecule has 4 rings (SSSR count). The Morgan fingerprint density at radius 1 is 1.25 bits per heavy atom. The highest BCUT2D eigenvalue weighted by Crippen LogP contribution is 2.27. The van der Waals surface area contributed by atoms with Crippen LogP contribution in [0.1, 0.15) is 19.0 Å². The fourth-order valence-electron chi connectivity index (χ4n) is 2.69. The number of rotatable bonds is 2.